The summed E-state index contributed by atoms with van der Waals surface area (Å²) in [4.78, 5) is 38.8. The number of ether oxygens (including phenoxy) is 1. The van der Waals surface area contributed by atoms with Gasteiger partial charge in [-0.2, -0.15) is 0 Å². The molecule has 2 saturated heterocycles. The van der Waals surface area contributed by atoms with E-state index in [1.165, 1.54) is 7.11 Å². The highest BCUT2D eigenvalue weighted by atomic mass is 16.5. The van der Waals surface area contributed by atoms with E-state index < -0.39 is 11.6 Å². The van der Waals surface area contributed by atoms with Gasteiger partial charge in [-0.15, -0.1) is 0 Å². The minimum Gasteiger partial charge on any atom is -0.479 e. The molecule has 0 aliphatic carbocycles. The van der Waals surface area contributed by atoms with Crippen LogP contribution in [0.5, 0.6) is 0 Å². The summed E-state index contributed by atoms with van der Waals surface area (Å²) < 4.78 is 5.24. The lowest BCUT2D eigenvalue weighted by Crippen LogP contribution is -2.51. The van der Waals surface area contributed by atoms with Crippen molar-refractivity contribution in [2.24, 2.45) is 0 Å². The quantitative estimate of drug-likeness (QED) is 0.731. The Balaban J connectivity index is 1.29. The zero-order valence-electron chi connectivity index (χ0n) is 17.6. The van der Waals surface area contributed by atoms with E-state index in [9.17, 15) is 14.7 Å². The maximum atomic E-state index is 12.7. The number of benzene rings is 1. The molecule has 1 N–H and O–H groups in total. The third-order valence-corrected chi connectivity index (χ3v) is 6.14. The lowest BCUT2D eigenvalue weighted by atomic mass is 10.0. The number of aliphatic carboxylic acids is 1. The molecular formula is C22H27N5O4. The first-order valence-electron chi connectivity index (χ1n) is 10.4. The molecule has 1 aromatic heterocycles. The fourth-order valence-electron chi connectivity index (χ4n) is 4.20. The first-order valence-corrected chi connectivity index (χ1v) is 10.4. The van der Waals surface area contributed by atoms with Crippen LogP contribution in [0.1, 0.15) is 6.42 Å². The Kier molecular flexibility index (Phi) is 6.15. The lowest BCUT2D eigenvalue weighted by Gasteiger charge is -2.37. The molecule has 2 aliphatic rings. The number of nitrogens with zero attached hydrogens (tertiary/aromatic N) is 5. The molecule has 2 aromatic rings. The van der Waals surface area contributed by atoms with Crippen molar-refractivity contribution in [3.8, 4) is 11.4 Å². The summed E-state index contributed by atoms with van der Waals surface area (Å²) in [7, 11) is 1.41. The van der Waals surface area contributed by atoms with Gasteiger partial charge in [0.05, 0.1) is 6.54 Å². The molecule has 0 bridgehead atoms. The summed E-state index contributed by atoms with van der Waals surface area (Å²) in [6.45, 7) is 3.80. The average molecular weight is 425 g/mol. The number of hydrogen-bond donors (Lipinski definition) is 1. The minimum atomic E-state index is -1.20. The monoisotopic (exact) mass is 425 g/mol. The number of amides is 1. The van der Waals surface area contributed by atoms with Crippen LogP contribution < -0.4 is 4.90 Å². The van der Waals surface area contributed by atoms with Gasteiger partial charge in [0, 0.05) is 76.4 Å². The van der Waals surface area contributed by atoms with Gasteiger partial charge in [0.15, 0.2) is 11.4 Å². The van der Waals surface area contributed by atoms with E-state index in [1.54, 1.807) is 18.5 Å². The van der Waals surface area contributed by atoms with Crippen molar-refractivity contribution in [1.29, 1.82) is 0 Å². The molecule has 1 atom stereocenters. The van der Waals surface area contributed by atoms with Crippen LogP contribution in [-0.4, -0.2) is 95.3 Å². The van der Waals surface area contributed by atoms with Gasteiger partial charge in [0.2, 0.25) is 5.91 Å². The number of carbonyl (C=O) groups is 2. The number of piperazine rings is 1. The van der Waals surface area contributed by atoms with Gasteiger partial charge in [0.1, 0.15) is 0 Å². The second-order valence-corrected chi connectivity index (χ2v) is 7.95. The molecule has 0 spiro atoms. The zero-order valence-corrected chi connectivity index (χ0v) is 17.6. The third-order valence-electron chi connectivity index (χ3n) is 6.14. The van der Waals surface area contributed by atoms with E-state index >= 15 is 0 Å². The molecule has 2 fully saturated rings. The number of carbonyl (C=O) groups excluding carboxylic acids is 1. The van der Waals surface area contributed by atoms with Crippen molar-refractivity contribution < 1.29 is 19.4 Å². The number of rotatable bonds is 6. The summed E-state index contributed by atoms with van der Waals surface area (Å²) in [5, 5.41) is 9.42. The van der Waals surface area contributed by atoms with Crippen LogP contribution in [-0.2, 0) is 14.3 Å². The molecule has 1 unspecified atom stereocenters. The maximum Gasteiger partial charge on any atom is 0.337 e. The molecule has 2 aliphatic heterocycles. The van der Waals surface area contributed by atoms with E-state index in [4.69, 9.17) is 4.74 Å². The first-order chi connectivity index (χ1) is 15.0. The number of carboxylic acid groups (broad SMARTS) is 1. The predicted molar refractivity (Wildman–Crippen MR) is 115 cm³/mol. The Morgan fingerprint density at radius 2 is 1.74 bits per heavy atom. The standard InChI is InChI=1S/C22H27N5O4/c1-31-22(21(29)30)7-10-25(16-22)15-19(28)27-13-11-26(12-14-27)18-5-3-17(4-6-18)20-23-8-2-9-24-20/h2-6,8-9H,7,10-16H2,1H3,(H,29,30). The largest absolute Gasteiger partial charge is 0.479 e. The zero-order chi connectivity index (χ0) is 21.8. The number of likely N-dealkylation sites (tertiary alicyclic amines) is 1. The molecule has 164 valence electrons. The minimum absolute atomic E-state index is 0.0357. The second-order valence-electron chi connectivity index (χ2n) is 7.95. The first kappa shape index (κ1) is 21.2. The highest BCUT2D eigenvalue weighted by Gasteiger charge is 2.45. The van der Waals surface area contributed by atoms with E-state index in [-0.39, 0.29) is 19.0 Å². The molecule has 1 aromatic carbocycles. The SMILES string of the molecule is COC1(C(=O)O)CCN(CC(=O)N2CCN(c3ccc(-c4ncccn4)cc3)CC2)C1. The van der Waals surface area contributed by atoms with Crippen molar-refractivity contribution in [1.82, 2.24) is 19.8 Å². The number of aromatic nitrogens is 2. The summed E-state index contributed by atoms with van der Waals surface area (Å²) in [6.07, 6.45) is 3.85. The molecule has 9 nitrogen and oxygen atoms in total. The molecule has 9 heteroatoms. The van der Waals surface area contributed by atoms with Crippen LogP contribution >= 0.6 is 0 Å². The smallest absolute Gasteiger partial charge is 0.337 e. The fraction of sp³-hybridized carbons (Fsp3) is 0.455. The summed E-state index contributed by atoms with van der Waals surface area (Å²) in [5.74, 6) is -0.233. The van der Waals surface area contributed by atoms with Crippen LogP contribution in [0.2, 0.25) is 0 Å². The van der Waals surface area contributed by atoms with Gasteiger partial charge in [-0.1, -0.05) is 0 Å². The number of anilines is 1. The Morgan fingerprint density at radius 1 is 1.06 bits per heavy atom. The van der Waals surface area contributed by atoms with Crippen molar-refractivity contribution in [3.63, 3.8) is 0 Å². The Labute approximate surface area is 181 Å². The van der Waals surface area contributed by atoms with E-state index in [2.05, 4.69) is 27.0 Å². The Hall–Kier alpha value is -3.04. The van der Waals surface area contributed by atoms with Crippen molar-refractivity contribution in [2.75, 3.05) is 57.8 Å². The third kappa shape index (κ3) is 4.52. The predicted octanol–water partition coefficient (Wildman–Crippen LogP) is 0.968. The van der Waals surface area contributed by atoms with Crippen LogP contribution in [0.15, 0.2) is 42.7 Å². The van der Waals surface area contributed by atoms with Gasteiger partial charge in [-0.05, 0) is 30.3 Å². The van der Waals surface area contributed by atoms with Gasteiger partial charge >= 0.3 is 5.97 Å². The fourth-order valence-corrected chi connectivity index (χ4v) is 4.20. The van der Waals surface area contributed by atoms with Crippen LogP contribution in [0, 0.1) is 0 Å². The molecule has 4 rings (SSSR count). The molecular weight excluding hydrogens is 398 g/mol. The van der Waals surface area contributed by atoms with Gasteiger partial charge in [0.25, 0.3) is 0 Å². The number of hydrogen-bond acceptors (Lipinski definition) is 7. The maximum absolute atomic E-state index is 12.7. The number of carboxylic acids is 1. The van der Waals surface area contributed by atoms with Crippen molar-refractivity contribution >= 4 is 17.6 Å². The summed E-state index contributed by atoms with van der Waals surface area (Å²) >= 11 is 0. The Morgan fingerprint density at radius 3 is 2.32 bits per heavy atom. The van der Waals surface area contributed by atoms with Gasteiger partial charge in [-0.25, -0.2) is 14.8 Å². The van der Waals surface area contributed by atoms with Gasteiger partial charge in [-0.3, -0.25) is 9.69 Å². The van der Waals surface area contributed by atoms with E-state index in [0.717, 1.165) is 24.3 Å². The van der Waals surface area contributed by atoms with Crippen molar-refractivity contribution in [2.45, 2.75) is 12.0 Å². The molecule has 3 heterocycles. The van der Waals surface area contributed by atoms with E-state index in [0.29, 0.717) is 31.9 Å². The Bertz CT molecular complexity index is 915. The number of methoxy groups -OCH3 is 1. The van der Waals surface area contributed by atoms with Crippen LogP contribution in [0.25, 0.3) is 11.4 Å². The second kappa shape index (κ2) is 8.99. The topological polar surface area (TPSA) is 99.1 Å². The summed E-state index contributed by atoms with van der Waals surface area (Å²) in [5.41, 5.74) is 0.880. The van der Waals surface area contributed by atoms with Gasteiger partial charge < -0.3 is 19.6 Å². The normalized spacial score (nSPS) is 22.0. The molecule has 31 heavy (non-hydrogen) atoms. The molecule has 0 radical (unpaired) electrons. The van der Waals surface area contributed by atoms with Crippen LogP contribution in [0.4, 0.5) is 5.69 Å². The summed E-state index contributed by atoms with van der Waals surface area (Å²) in [6, 6.07) is 9.94. The lowest BCUT2D eigenvalue weighted by molar-refractivity contribution is -0.160. The van der Waals surface area contributed by atoms with Crippen molar-refractivity contribution in [3.05, 3.63) is 42.7 Å². The molecule has 0 saturated carbocycles. The van der Waals surface area contributed by atoms with E-state index in [1.807, 2.05) is 21.9 Å². The highest BCUT2D eigenvalue weighted by molar-refractivity contribution is 5.80. The highest BCUT2D eigenvalue weighted by Crippen LogP contribution is 2.25. The molecule has 1 amide bonds. The van der Waals surface area contributed by atoms with Crippen LogP contribution in [0.3, 0.4) is 0 Å². The average Bonchev–Trinajstić information content (AvgIpc) is 3.24.